The number of para-hydroxylation sites is 1. The molecule has 32 heavy (non-hydrogen) atoms. The Kier molecular flexibility index (Phi) is 5.41. The van der Waals surface area contributed by atoms with E-state index in [0.29, 0.717) is 18.1 Å². The molecule has 0 unspecified atom stereocenters. The van der Waals surface area contributed by atoms with Crippen LogP contribution in [0, 0.1) is 5.82 Å². The van der Waals surface area contributed by atoms with Gasteiger partial charge in [-0.1, -0.05) is 48.5 Å². The van der Waals surface area contributed by atoms with Crippen LogP contribution in [0.25, 0.3) is 22.8 Å². The number of halogens is 1. The van der Waals surface area contributed by atoms with Gasteiger partial charge in [0.25, 0.3) is 0 Å². The lowest BCUT2D eigenvalue weighted by Crippen LogP contribution is -2.43. The molecule has 0 spiro atoms. The smallest absolute Gasteiger partial charge is 0.340 e. The summed E-state index contributed by atoms with van der Waals surface area (Å²) in [6, 6.07) is 33.6. The molecule has 0 aliphatic carbocycles. The molecular weight excluding hydrogens is 403 g/mol. The second kappa shape index (κ2) is 8.81. The standard InChI is InChI=1S/C26H20FN4O/c27-22-13-15-24(16-14-22)31-29-26(28-30(31)23-9-5-2-6-10-23)21-11-17-25(18-12-21)32-19-20-7-3-1-4-8-20/h1-18H,19H2/q+1. The summed E-state index contributed by atoms with van der Waals surface area (Å²) in [5, 5.41) is 9.39. The van der Waals surface area contributed by atoms with Gasteiger partial charge in [-0.05, 0) is 76.1 Å². The van der Waals surface area contributed by atoms with E-state index in [9.17, 15) is 4.39 Å². The van der Waals surface area contributed by atoms with Crippen LogP contribution in [0.4, 0.5) is 4.39 Å². The topological polar surface area (TPSA) is 43.8 Å². The highest BCUT2D eigenvalue weighted by atomic mass is 19.1. The van der Waals surface area contributed by atoms with Crippen molar-refractivity contribution in [3.8, 4) is 28.5 Å². The molecule has 5 aromatic rings. The number of benzene rings is 4. The van der Waals surface area contributed by atoms with E-state index in [1.807, 2.05) is 84.9 Å². The van der Waals surface area contributed by atoms with Crippen molar-refractivity contribution < 1.29 is 13.9 Å². The van der Waals surface area contributed by atoms with Gasteiger partial charge in [-0.15, -0.1) is 0 Å². The van der Waals surface area contributed by atoms with Gasteiger partial charge in [0.05, 0.1) is 10.7 Å². The third-order valence-electron chi connectivity index (χ3n) is 4.96. The molecule has 5 nitrogen and oxygen atoms in total. The number of hydrogen-bond acceptors (Lipinski definition) is 3. The third-order valence-corrected chi connectivity index (χ3v) is 4.96. The number of aromatic nitrogens is 4. The van der Waals surface area contributed by atoms with Gasteiger partial charge >= 0.3 is 5.82 Å². The highest BCUT2D eigenvalue weighted by Crippen LogP contribution is 2.20. The molecule has 156 valence electrons. The lowest BCUT2D eigenvalue weighted by Gasteiger charge is -2.05. The van der Waals surface area contributed by atoms with Crippen LogP contribution in [0.3, 0.4) is 0 Å². The second-order valence-corrected chi connectivity index (χ2v) is 7.21. The summed E-state index contributed by atoms with van der Waals surface area (Å²) in [4.78, 5) is 3.35. The molecule has 0 bridgehead atoms. The molecule has 1 heterocycles. The number of nitrogens with zero attached hydrogens (tertiary/aromatic N) is 4. The van der Waals surface area contributed by atoms with E-state index in [-0.39, 0.29) is 5.82 Å². The molecule has 0 atom stereocenters. The maximum Gasteiger partial charge on any atom is 0.340 e. The first-order chi connectivity index (χ1) is 15.8. The van der Waals surface area contributed by atoms with E-state index in [1.165, 1.54) is 12.1 Å². The quantitative estimate of drug-likeness (QED) is 0.364. The Morgan fingerprint density at radius 1 is 0.750 bits per heavy atom. The van der Waals surface area contributed by atoms with Crippen LogP contribution in [0.5, 0.6) is 5.75 Å². The predicted molar refractivity (Wildman–Crippen MR) is 119 cm³/mol. The fraction of sp³-hybridized carbons (Fsp3) is 0.0385. The highest BCUT2D eigenvalue weighted by Gasteiger charge is 2.23. The molecular formula is C26H20FN4O+. The molecule has 4 aromatic carbocycles. The number of hydrogen-bond donors (Lipinski definition) is 0. The van der Waals surface area contributed by atoms with Crippen molar-refractivity contribution >= 4 is 0 Å². The first-order valence-corrected chi connectivity index (χ1v) is 10.2. The number of ether oxygens (including phenoxy) is 1. The first-order valence-electron chi connectivity index (χ1n) is 10.2. The Labute approximate surface area is 184 Å². The Morgan fingerprint density at radius 3 is 2.09 bits per heavy atom. The van der Waals surface area contributed by atoms with Crippen molar-refractivity contribution in [1.82, 2.24) is 15.0 Å². The lowest BCUT2D eigenvalue weighted by atomic mass is 10.2. The summed E-state index contributed by atoms with van der Waals surface area (Å²) >= 11 is 0. The molecule has 0 saturated carbocycles. The molecule has 0 radical (unpaired) electrons. The minimum absolute atomic E-state index is 0.300. The van der Waals surface area contributed by atoms with Crippen molar-refractivity contribution in [2.24, 2.45) is 0 Å². The average Bonchev–Trinajstić information content (AvgIpc) is 3.30. The first kappa shape index (κ1) is 19.6. The fourth-order valence-corrected chi connectivity index (χ4v) is 3.31. The van der Waals surface area contributed by atoms with Crippen molar-refractivity contribution in [1.29, 1.82) is 0 Å². The summed E-state index contributed by atoms with van der Waals surface area (Å²) in [5.41, 5.74) is 3.51. The molecule has 0 saturated heterocycles. The predicted octanol–water partition coefficient (Wildman–Crippen LogP) is 4.93. The minimum Gasteiger partial charge on any atom is -0.489 e. The van der Waals surface area contributed by atoms with Gasteiger partial charge in [-0.2, -0.15) is 0 Å². The summed E-state index contributed by atoms with van der Waals surface area (Å²) in [6.45, 7) is 0.506. The molecule has 0 N–H and O–H groups in total. The van der Waals surface area contributed by atoms with Crippen LogP contribution in [0.1, 0.15) is 5.56 Å². The third kappa shape index (κ3) is 4.25. The maximum absolute atomic E-state index is 13.4. The van der Waals surface area contributed by atoms with Gasteiger partial charge in [-0.3, -0.25) is 0 Å². The van der Waals surface area contributed by atoms with E-state index >= 15 is 0 Å². The van der Waals surface area contributed by atoms with Crippen molar-refractivity contribution in [3.63, 3.8) is 0 Å². The lowest BCUT2D eigenvalue weighted by molar-refractivity contribution is -0.734. The highest BCUT2D eigenvalue weighted by molar-refractivity contribution is 5.55. The fourth-order valence-electron chi connectivity index (χ4n) is 3.31. The molecule has 0 fully saturated rings. The molecule has 1 aromatic heterocycles. The zero-order valence-electron chi connectivity index (χ0n) is 17.2. The normalized spacial score (nSPS) is 10.8. The largest absolute Gasteiger partial charge is 0.489 e. The van der Waals surface area contributed by atoms with Crippen molar-refractivity contribution in [2.75, 3.05) is 0 Å². The van der Waals surface area contributed by atoms with Crippen molar-refractivity contribution in [3.05, 3.63) is 121 Å². The zero-order valence-corrected chi connectivity index (χ0v) is 17.2. The van der Waals surface area contributed by atoms with Gasteiger partial charge in [0, 0.05) is 4.80 Å². The van der Waals surface area contributed by atoms with Gasteiger partial charge in [0.2, 0.25) is 0 Å². The summed E-state index contributed by atoms with van der Waals surface area (Å²) in [6.07, 6.45) is 0. The van der Waals surface area contributed by atoms with E-state index in [1.54, 1.807) is 21.7 Å². The van der Waals surface area contributed by atoms with Crippen LogP contribution in [0.15, 0.2) is 109 Å². The Bertz CT molecular complexity index is 1300. The van der Waals surface area contributed by atoms with Crippen LogP contribution in [0.2, 0.25) is 0 Å². The summed E-state index contributed by atoms with van der Waals surface area (Å²) in [5.74, 6) is 1.02. The maximum atomic E-state index is 13.4. The van der Waals surface area contributed by atoms with Crippen LogP contribution >= 0.6 is 0 Å². The van der Waals surface area contributed by atoms with Crippen LogP contribution in [-0.2, 0) is 6.61 Å². The number of tetrazole rings is 1. The Hall–Kier alpha value is -4.32. The summed E-state index contributed by atoms with van der Waals surface area (Å²) in [7, 11) is 0. The monoisotopic (exact) mass is 423 g/mol. The molecule has 6 heteroatoms. The average molecular weight is 423 g/mol. The van der Waals surface area contributed by atoms with Gasteiger partial charge in [0.15, 0.2) is 5.69 Å². The Balaban J connectivity index is 1.45. The Morgan fingerprint density at radius 2 is 1.41 bits per heavy atom. The molecule has 0 aliphatic rings. The second-order valence-electron chi connectivity index (χ2n) is 7.21. The molecule has 0 amide bonds. The van der Waals surface area contributed by atoms with E-state index in [0.717, 1.165) is 22.6 Å². The van der Waals surface area contributed by atoms with E-state index in [2.05, 4.69) is 5.10 Å². The molecule has 5 rings (SSSR count). The zero-order chi connectivity index (χ0) is 21.8. The van der Waals surface area contributed by atoms with Crippen LogP contribution in [-0.4, -0.2) is 15.0 Å². The van der Waals surface area contributed by atoms with Gasteiger partial charge in [-0.25, -0.2) is 4.39 Å². The number of rotatable bonds is 6. The van der Waals surface area contributed by atoms with E-state index < -0.39 is 0 Å². The van der Waals surface area contributed by atoms with Crippen molar-refractivity contribution in [2.45, 2.75) is 6.61 Å². The van der Waals surface area contributed by atoms with E-state index in [4.69, 9.17) is 9.84 Å². The van der Waals surface area contributed by atoms with Gasteiger partial charge in [0.1, 0.15) is 23.9 Å². The molecule has 0 aliphatic heterocycles. The SMILES string of the molecule is Fc1ccc(-[n+]2nc(-c3ccc(OCc4ccccc4)cc3)nn2-c2ccccc2)cc1. The van der Waals surface area contributed by atoms with Crippen LogP contribution < -0.4 is 9.53 Å². The minimum atomic E-state index is -0.300. The van der Waals surface area contributed by atoms with Gasteiger partial charge < -0.3 is 4.74 Å². The summed E-state index contributed by atoms with van der Waals surface area (Å²) < 4.78 is 19.3.